The molecule has 3 rings (SSSR count). The SMILES string of the molecule is NNC(=NC1CCCC1)Nc1ccc(N2CCCC2)cc1. The zero-order valence-electron chi connectivity index (χ0n) is 12.5. The van der Waals surface area contributed by atoms with Gasteiger partial charge in [0.15, 0.2) is 0 Å². The maximum absolute atomic E-state index is 5.58. The molecule has 1 saturated carbocycles. The van der Waals surface area contributed by atoms with Crippen molar-refractivity contribution in [2.45, 2.75) is 44.6 Å². The molecule has 0 bridgehead atoms. The van der Waals surface area contributed by atoms with Gasteiger partial charge in [-0.25, -0.2) is 10.8 Å². The van der Waals surface area contributed by atoms with Crippen LogP contribution in [-0.4, -0.2) is 25.1 Å². The molecule has 4 N–H and O–H groups in total. The molecule has 1 aliphatic heterocycles. The molecule has 1 aliphatic carbocycles. The van der Waals surface area contributed by atoms with Crippen LogP contribution < -0.4 is 21.5 Å². The predicted octanol–water partition coefficient (Wildman–Crippen LogP) is 2.46. The maximum Gasteiger partial charge on any atom is 0.210 e. The smallest absolute Gasteiger partial charge is 0.210 e. The van der Waals surface area contributed by atoms with Gasteiger partial charge < -0.3 is 10.2 Å². The Morgan fingerprint density at radius 2 is 1.71 bits per heavy atom. The molecule has 114 valence electrons. The van der Waals surface area contributed by atoms with Gasteiger partial charge in [-0.2, -0.15) is 0 Å². The molecule has 1 aromatic rings. The van der Waals surface area contributed by atoms with Gasteiger partial charge in [0.05, 0.1) is 6.04 Å². The molecule has 2 fully saturated rings. The van der Waals surface area contributed by atoms with E-state index in [1.807, 2.05) is 0 Å². The molecule has 21 heavy (non-hydrogen) atoms. The molecule has 2 aliphatic rings. The first-order chi connectivity index (χ1) is 10.3. The van der Waals surface area contributed by atoms with E-state index in [0.29, 0.717) is 12.0 Å². The summed E-state index contributed by atoms with van der Waals surface area (Å²) in [5.74, 6) is 6.24. The topological polar surface area (TPSA) is 65.7 Å². The Kier molecular flexibility index (Phi) is 4.60. The second-order valence-corrected chi connectivity index (χ2v) is 5.93. The van der Waals surface area contributed by atoms with Crippen LogP contribution >= 0.6 is 0 Å². The van der Waals surface area contributed by atoms with Crippen molar-refractivity contribution in [2.24, 2.45) is 10.8 Å². The summed E-state index contributed by atoms with van der Waals surface area (Å²) >= 11 is 0. The van der Waals surface area contributed by atoms with E-state index in [0.717, 1.165) is 5.69 Å². The van der Waals surface area contributed by atoms with Gasteiger partial charge in [0.25, 0.3) is 0 Å². The molecule has 1 aromatic carbocycles. The Hall–Kier alpha value is -1.75. The van der Waals surface area contributed by atoms with Gasteiger partial charge in [0, 0.05) is 24.5 Å². The second kappa shape index (κ2) is 6.80. The Bertz CT molecular complexity index is 470. The van der Waals surface area contributed by atoms with Crippen LogP contribution in [0.2, 0.25) is 0 Å². The lowest BCUT2D eigenvalue weighted by atomic mass is 10.2. The zero-order valence-corrected chi connectivity index (χ0v) is 12.5. The van der Waals surface area contributed by atoms with Crippen molar-refractivity contribution in [3.8, 4) is 0 Å². The molecule has 5 heteroatoms. The standard InChI is InChI=1S/C16H25N5/c17-20-16(18-13-5-1-2-6-13)19-14-7-9-15(10-8-14)21-11-3-4-12-21/h7-10,13H,1-6,11-12,17H2,(H2,18,19,20). The van der Waals surface area contributed by atoms with Crippen molar-refractivity contribution in [1.29, 1.82) is 0 Å². The first-order valence-electron chi connectivity index (χ1n) is 8.01. The highest BCUT2D eigenvalue weighted by atomic mass is 15.3. The average Bonchev–Trinajstić information content (AvgIpc) is 3.21. The normalized spacial score (nSPS) is 20.0. The molecular weight excluding hydrogens is 262 g/mol. The van der Waals surface area contributed by atoms with Crippen LogP contribution in [0.15, 0.2) is 29.3 Å². The van der Waals surface area contributed by atoms with E-state index in [2.05, 4.69) is 44.9 Å². The Morgan fingerprint density at radius 1 is 1.05 bits per heavy atom. The first-order valence-corrected chi connectivity index (χ1v) is 8.01. The lowest BCUT2D eigenvalue weighted by molar-refractivity contribution is 0.700. The van der Waals surface area contributed by atoms with Crippen LogP contribution in [0, 0.1) is 0 Å². The third-order valence-electron chi connectivity index (χ3n) is 4.37. The van der Waals surface area contributed by atoms with E-state index >= 15 is 0 Å². The highest BCUT2D eigenvalue weighted by Gasteiger charge is 2.15. The van der Waals surface area contributed by atoms with E-state index < -0.39 is 0 Å². The van der Waals surface area contributed by atoms with Crippen LogP contribution in [0.3, 0.4) is 0 Å². The number of nitrogens with zero attached hydrogens (tertiary/aromatic N) is 2. The maximum atomic E-state index is 5.58. The van der Waals surface area contributed by atoms with Gasteiger partial charge >= 0.3 is 0 Å². The summed E-state index contributed by atoms with van der Waals surface area (Å²) in [6.45, 7) is 2.34. The predicted molar refractivity (Wildman–Crippen MR) is 88.5 cm³/mol. The first kappa shape index (κ1) is 14.2. The summed E-state index contributed by atoms with van der Waals surface area (Å²) in [4.78, 5) is 7.08. The number of benzene rings is 1. The number of hydrazine groups is 1. The fraction of sp³-hybridized carbons (Fsp3) is 0.562. The molecular formula is C16H25N5. The van der Waals surface area contributed by atoms with Crippen LogP contribution in [-0.2, 0) is 0 Å². The molecule has 0 radical (unpaired) electrons. The lowest BCUT2D eigenvalue weighted by Crippen LogP contribution is -2.37. The van der Waals surface area contributed by atoms with Gasteiger partial charge in [0.2, 0.25) is 5.96 Å². The number of rotatable bonds is 3. The second-order valence-electron chi connectivity index (χ2n) is 5.93. The number of nitrogens with two attached hydrogens (primary N) is 1. The summed E-state index contributed by atoms with van der Waals surface area (Å²) in [7, 11) is 0. The molecule has 0 atom stereocenters. The van der Waals surface area contributed by atoms with Crippen molar-refractivity contribution in [3.63, 3.8) is 0 Å². The third kappa shape index (κ3) is 3.67. The fourth-order valence-corrected chi connectivity index (χ4v) is 3.19. The number of hydrogen-bond acceptors (Lipinski definition) is 3. The Balaban J connectivity index is 1.62. The number of anilines is 2. The monoisotopic (exact) mass is 287 g/mol. The number of aliphatic imine (C=N–C) groups is 1. The van der Waals surface area contributed by atoms with Gasteiger partial charge in [-0.1, -0.05) is 12.8 Å². The minimum absolute atomic E-state index is 0.410. The summed E-state index contributed by atoms with van der Waals surface area (Å²) in [6.07, 6.45) is 7.49. The Morgan fingerprint density at radius 3 is 2.33 bits per heavy atom. The van der Waals surface area contributed by atoms with Crippen LogP contribution in [0.4, 0.5) is 11.4 Å². The van der Waals surface area contributed by atoms with Gasteiger partial charge in [-0.15, -0.1) is 0 Å². The largest absolute Gasteiger partial charge is 0.372 e. The van der Waals surface area contributed by atoms with E-state index in [1.54, 1.807) is 0 Å². The fourth-order valence-electron chi connectivity index (χ4n) is 3.19. The zero-order chi connectivity index (χ0) is 14.5. The van der Waals surface area contributed by atoms with E-state index in [-0.39, 0.29) is 0 Å². The number of nitrogens with one attached hydrogen (secondary N) is 2. The van der Waals surface area contributed by atoms with Crippen LogP contribution in [0.1, 0.15) is 38.5 Å². The molecule has 1 heterocycles. The van der Waals surface area contributed by atoms with E-state index in [4.69, 9.17) is 5.84 Å². The molecule has 1 saturated heterocycles. The molecule has 0 amide bonds. The van der Waals surface area contributed by atoms with Crippen LogP contribution in [0.5, 0.6) is 0 Å². The molecule has 0 spiro atoms. The van der Waals surface area contributed by atoms with E-state index in [9.17, 15) is 0 Å². The van der Waals surface area contributed by atoms with Gasteiger partial charge in [-0.05, 0) is 49.9 Å². The van der Waals surface area contributed by atoms with Crippen molar-refractivity contribution in [2.75, 3.05) is 23.3 Å². The highest BCUT2D eigenvalue weighted by Crippen LogP contribution is 2.23. The van der Waals surface area contributed by atoms with E-state index in [1.165, 1.54) is 57.3 Å². The van der Waals surface area contributed by atoms with Crippen molar-refractivity contribution >= 4 is 17.3 Å². The lowest BCUT2D eigenvalue weighted by Gasteiger charge is -2.18. The highest BCUT2D eigenvalue weighted by molar-refractivity contribution is 5.93. The number of guanidine groups is 1. The van der Waals surface area contributed by atoms with Crippen molar-refractivity contribution < 1.29 is 0 Å². The van der Waals surface area contributed by atoms with Crippen molar-refractivity contribution in [3.05, 3.63) is 24.3 Å². The summed E-state index contributed by atoms with van der Waals surface area (Å²) in [6, 6.07) is 8.92. The quantitative estimate of drug-likeness (QED) is 0.346. The number of hydrogen-bond donors (Lipinski definition) is 3. The summed E-state index contributed by atoms with van der Waals surface area (Å²) < 4.78 is 0. The minimum Gasteiger partial charge on any atom is -0.372 e. The van der Waals surface area contributed by atoms with Gasteiger partial charge in [-0.3, -0.25) is 5.43 Å². The minimum atomic E-state index is 0.410. The third-order valence-corrected chi connectivity index (χ3v) is 4.37. The van der Waals surface area contributed by atoms with Crippen LogP contribution in [0.25, 0.3) is 0 Å². The van der Waals surface area contributed by atoms with Gasteiger partial charge in [0.1, 0.15) is 0 Å². The summed E-state index contributed by atoms with van der Waals surface area (Å²) in [5.41, 5.74) is 5.00. The molecule has 5 nitrogen and oxygen atoms in total. The Labute approximate surface area is 126 Å². The summed E-state index contributed by atoms with van der Waals surface area (Å²) in [5, 5.41) is 3.27. The molecule has 0 unspecified atom stereocenters. The average molecular weight is 287 g/mol. The molecule has 0 aromatic heterocycles. The van der Waals surface area contributed by atoms with Crippen molar-refractivity contribution in [1.82, 2.24) is 5.43 Å².